The van der Waals surface area contributed by atoms with Gasteiger partial charge in [-0.15, -0.1) is 0 Å². The van der Waals surface area contributed by atoms with Gasteiger partial charge in [0.1, 0.15) is 6.04 Å². The lowest BCUT2D eigenvalue weighted by Crippen LogP contribution is -2.42. The second-order valence-corrected chi connectivity index (χ2v) is 9.71. The number of hydrogen-bond acceptors (Lipinski definition) is 5. The molecule has 0 spiro atoms. The van der Waals surface area contributed by atoms with E-state index in [0.717, 1.165) is 30.4 Å². The Morgan fingerprint density at radius 2 is 1.84 bits per heavy atom. The van der Waals surface area contributed by atoms with Crippen molar-refractivity contribution in [1.29, 1.82) is 0 Å². The Morgan fingerprint density at radius 1 is 1.05 bits per heavy atom. The van der Waals surface area contributed by atoms with Crippen molar-refractivity contribution >= 4 is 23.5 Å². The van der Waals surface area contributed by atoms with Crippen molar-refractivity contribution in [2.45, 2.75) is 44.7 Å². The van der Waals surface area contributed by atoms with Crippen LogP contribution in [0.2, 0.25) is 0 Å². The van der Waals surface area contributed by atoms with Crippen molar-refractivity contribution in [2.24, 2.45) is 0 Å². The van der Waals surface area contributed by atoms with Gasteiger partial charge in [-0.05, 0) is 60.6 Å². The number of fused-ring (bicyclic) bond motifs is 1. The number of hydrogen-bond donors (Lipinski definition) is 2. The third-order valence-corrected chi connectivity index (χ3v) is 6.83. The lowest BCUT2D eigenvalue weighted by molar-refractivity contribution is -0.141. The van der Waals surface area contributed by atoms with Crippen molar-refractivity contribution in [3.05, 3.63) is 95.3 Å². The number of carboxylic acid groups (broad SMARTS) is 1. The molecule has 1 aliphatic heterocycles. The highest BCUT2D eigenvalue weighted by molar-refractivity contribution is 5.96. The Kier molecular flexibility index (Phi) is 9.08. The molecular formula is C30H34N4O4. The molecule has 2 aromatic carbocycles. The summed E-state index contributed by atoms with van der Waals surface area (Å²) in [5, 5.41) is 12.6. The van der Waals surface area contributed by atoms with Crippen molar-refractivity contribution in [3.63, 3.8) is 0 Å². The molecule has 0 aliphatic carbocycles. The van der Waals surface area contributed by atoms with Gasteiger partial charge in [0, 0.05) is 50.3 Å². The molecule has 2 heterocycles. The topological polar surface area (TPSA) is 103 Å². The maximum absolute atomic E-state index is 13.3. The molecule has 198 valence electrons. The van der Waals surface area contributed by atoms with E-state index >= 15 is 0 Å². The highest BCUT2D eigenvalue weighted by Gasteiger charge is 2.31. The number of carbonyl (C=O) groups excluding carboxylic acids is 2. The van der Waals surface area contributed by atoms with Crippen LogP contribution in [0.5, 0.6) is 0 Å². The van der Waals surface area contributed by atoms with Crippen molar-refractivity contribution in [1.82, 2.24) is 14.8 Å². The van der Waals surface area contributed by atoms with Crippen LogP contribution in [0, 0.1) is 0 Å². The first-order chi connectivity index (χ1) is 18.4. The van der Waals surface area contributed by atoms with Crippen LogP contribution < -0.4 is 5.32 Å². The Balaban J connectivity index is 1.43. The summed E-state index contributed by atoms with van der Waals surface area (Å²) in [6, 6.07) is 18.3. The van der Waals surface area contributed by atoms with Crippen molar-refractivity contribution < 1.29 is 19.5 Å². The SMILES string of the molecule is CN(CCCCc1cccnc1)C(=O)c1ccc2c(c1)NC(CC(=O)O)C(=O)N(CCc1ccccc1)C2. The molecule has 0 saturated heterocycles. The number of pyridine rings is 1. The first kappa shape index (κ1) is 26.9. The number of carboxylic acids is 1. The molecule has 0 fully saturated rings. The molecule has 0 saturated carbocycles. The van der Waals surface area contributed by atoms with Crippen LogP contribution in [0.3, 0.4) is 0 Å². The Morgan fingerprint density at radius 3 is 2.58 bits per heavy atom. The highest BCUT2D eigenvalue weighted by Crippen LogP contribution is 2.26. The summed E-state index contributed by atoms with van der Waals surface area (Å²) in [6.45, 7) is 1.45. The molecule has 1 aromatic heterocycles. The van der Waals surface area contributed by atoms with E-state index in [9.17, 15) is 19.5 Å². The van der Waals surface area contributed by atoms with Crippen LogP contribution >= 0.6 is 0 Å². The number of rotatable bonds is 11. The lowest BCUT2D eigenvalue weighted by atomic mass is 10.1. The quantitative estimate of drug-likeness (QED) is 0.375. The molecule has 2 N–H and O–H groups in total. The molecule has 1 atom stereocenters. The molecule has 4 rings (SSSR count). The zero-order valence-corrected chi connectivity index (χ0v) is 21.7. The lowest BCUT2D eigenvalue weighted by Gasteiger charge is -2.24. The van der Waals surface area contributed by atoms with Gasteiger partial charge in [-0.3, -0.25) is 19.4 Å². The average Bonchev–Trinajstić information content (AvgIpc) is 3.05. The summed E-state index contributed by atoms with van der Waals surface area (Å²) >= 11 is 0. The summed E-state index contributed by atoms with van der Waals surface area (Å²) in [7, 11) is 1.79. The largest absolute Gasteiger partial charge is 0.481 e. The summed E-state index contributed by atoms with van der Waals surface area (Å²) < 4.78 is 0. The fourth-order valence-corrected chi connectivity index (χ4v) is 4.69. The molecule has 8 nitrogen and oxygen atoms in total. The molecule has 1 unspecified atom stereocenters. The van der Waals surface area contributed by atoms with Crippen LogP contribution in [0.25, 0.3) is 0 Å². The maximum Gasteiger partial charge on any atom is 0.305 e. The monoisotopic (exact) mass is 514 g/mol. The zero-order chi connectivity index (χ0) is 26.9. The smallest absolute Gasteiger partial charge is 0.305 e. The number of aryl methyl sites for hydroxylation is 1. The minimum atomic E-state index is -1.06. The van der Waals surface area contributed by atoms with Gasteiger partial charge < -0.3 is 20.2 Å². The molecule has 1 aliphatic rings. The van der Waals surface area contributed by atoms with Gasteiger partial charge in [-0.1, -0.05) is 42.5 Å². The fraction of sp³-hybridized carbons (Fsp3) is 0.333. The van der Waals surface area contributed by atoms with Gasteiger partial charge in [0.25, 0.3) is 5.91 Å². The van der Waals surface area contributed by atoms with E-state index in [4.69, 9.17) is 0 Å². The number of aromatic nitrogens is 1. The number of carbonyl (C=O) groups is 3. The van der Waals surface area contributed by atoms with Gasteiger partial charge in [0.2, 0.25) is 5.91 Å². The van der Waals surface area contributed by atoms with Gasteiger partial charge >= 0.3 is 5.97 Å². The van der Waals surface area contributed by atoms with Gasteiger partial charge in [-0.2, -0.15) is 0 Å². The predicted molar refractivity (Wildman–Crippen MR) is 146 cm³/mol. The molecule has 0 radical (unpaired) electrons. The number of amides is 2. The van der Waals surface area contributed by atoms with Crippen LogP contribution in [-0.4, -0.2) is 63.9 Å². The summed E-state index contributed by atoms with van der Waals surface area (Å²) in [5.74, 6) is -1.42. The van der Waals surface area contributed by atoms with Crippen molar-refractivity contribution in [3.8, 4) is 0 Å². The van der Waals surface area contributed by atoms with Crippen LogP contribution in [0.1, 0.15) is 46.3 Å². The van der Waals surface area contributed by atoms with Crippen LogP contribution in [0.4, 0.5) is 5.69 Å². The minimum Gasteiger partial charge on any atom is -0.481 e. The van der Waals surface area contributed by atoms with Gasteiger partial charge in [0.15, 0.2) is 0 Å². The molecule has 38 heavy (non-hydrogen) atoms. The Bertz CT molecular complexity index is 1250. The van der Waals surface area contributed by atoms with E-state index in [2.05, 4.69) is 16.4 Å². The molecule has 8 heteroatoms. The molecule has 3 aromatic rings. The first-order valence-electron chi connectivity index (χ1n) is 13.0. The summed E-state index contributed by atoms with van der Waals surface area (Å²) in [4.78, 5) is 45.5. The normalized spacial score (nSPS) is 14.8. The first-order valence-corrected chi connectivity index (χ1v) is 13.0. The van der Waals surface area contributed by atoms with E-state index in [1.165, 1.54) is 5.56 Å². The van der Waals surface area contributed by atoms with E-state index in [1.807, 2.05) is 48.7 Å². The fourth-order valence-electron chi connectivity index (χ4n) is 4.69. The minimum absolute atomic E-state index is 0.109. The highest BCUT2D eigenvalue weighted by atomic mass is 16.4. The Hall–Kier alpha value is -4.20. The predicted octanol–water partition coefficient (Wildman–Crippen LogP) is 4.02. The zero-order valence-electron chi connectivity index (χ0n) is 21.7. The standard InChI is InChI=1S/C30H34N4O4/c1-33(16-6-5-10-23-11-7-15-31-20-23)29(37)24-12-13-25-21-34(17-14-22-8-3-2-4-9-22)30(38)27(19-28(35)36)32-26(25)18-24/h2-4,7-9,11-13,15,18,20,27,32H,5-6,10,14,16-17,19,21H2,1H3,(H,35,36). The van der Waals surface area contributed by atoms with E-state index in [0.29, 0.717) is 37.3 Å². The summed E-state index contributed by atoms with van der Waals surface area (Å²) in [6.07, 6.45) is 6.69. The van der Waals surface area contributed by atoms with Gasteiger partial charge in [0.05, 0.1) is 6.42 Å². The molecule has 0 bridgehead atoms. The second-order valence-electron chi connectivity index (χ2n) is 9.71. The van der Waals surface area contributed by atoms with E-state index in [1.54, 1.807) is 35.2 Å². The number of unbranched alkanes of at least 4 members (excludes halogenated alkanes) is 1. The van der Waals surface area contributed by atoms with Gasteiger partial charge in [-0.25, -0.2) is 0 Å². The third kappa shape index (κ3) is 7.18. The molecular weight excluding hydrogens is 480 g/mol. The number of nitrogens with zero attached hydrogens (tertiary/aromatic N) is 3. The van der Waals surface area contributed by atoms with E-state index < -0.39 is 12.0 Å². The number of anilines is 1. The van der Waals surface area contributed by atoms with E-state index in [-0.39, 0.29) is 18.2 Å². The second kappa shape index (κ2) is 12.9. The maximum atomic E-state index is 13.3. The third-order valence-electron chi connectivity index (χ3n) is 6.83. The summed E-state index contributed by atoms with van der Waals surface area (Å²) in [5.41, 5.74) is 4.28. The van der Waals surface area contributed by atoms with Crippen molar-refractivity contribution in [2.75, 3.05) is 25.5 Å². The molecule has 2 amide bonds. The Labute approximate surface area is 223 Å². The number of aliphatic carboxylic acids is 1. The van der Waals surface area contributed by atoms with Crippen LogP contribution in [0.15, 0.2) is 73.1 Å². The average molecular weight is 515 g/mol. The number of benzene rings is 2. The van der Waals surface area contributed by atoms with Crippen LogP contribution in [-0.2, 0) is 29.0 Å². The number of nitrogens with one attached hydrogen (secondary N) is 1.